The van der Waals surface area contributed by atoms with Gasteiger partial charge in [0, 0.05) is 25.7 Å². The SMILES string of the molecule is CCC(C)C1CN(c2ccccc2OC(F)F)CCN1. The number of alkyl halides is 2. The maximum Gasteiger partial charge on any atom is 0.387 e. The number of anilines is 1. The number of nitrogens with zero attached hydrogens (tertiary/aromatic N) is 1. The average molecular weight is 284 g/mol. The number of piperazine rings is 1. The summed E-state index contributed by atoms with van der Waals surface area (Å²) in [5.41, 5.74) is 0.752. The Bertz CT molecular complexity index is 428. The van der Waals surface area contributed by atoms with E-state index in [1.165, 1.54) is 0 Å². The number of hydrogen-bond donors (Lipinski definition) is 1. The lowest BCUT2D eigenvalue weighted by Gasteiger charge is -2.38. The minimum Gasteiger partial charge on any atom is -0.433 e. The summed E-state index contributed by atoms with van der Waals surface area (Å²) in [4.78, 5) is 2.13. The van der Waals surface area contributed by atoms with Crippen LogP contribution in [0.2, 0.25) is 0 Å². The molecule has 0 radical (unpaired) electrons. The molecule has 1 N–H and O–H groups in total. The molecule has 20 heavy (non-hydrogen) atoms. The Morgan fingerprint density at radius 1 is 1.40 bits per heavy atom. The van der Waals surface area contributed by atoms with Crippen LogP contribution in [-0.4, -0.2) is 32.3 Å². The van der Waals surface area contributed by atoms with Crippen LogP contribution in [0.15, 0.2) is 24.3 Å². The first-order chi connectivity index (χ1) is 9.61. The van der Waals surface area contributed by atoms with Gasteiger partial charge >= 0.3 is 6.61 Å². The summed E-state index contributed by atoms with van der Waals surface area (Å²) in [6, 6.07) is 7.40. The van der Waals surface area contributed by atoms with E-state index in [-0.39, 0.29) is 5.75 Å². The third-order valence-corrected chi connectivity index (χ3v) is 3.96. The highest BCUT2D eigenvalue weighted by atomic mass is 19.3. The lowest BCUT2D eigenvalue weighted by atomic mass is 9.97. The maximum absolute atomic E-state index is 12.5. The monoisotopic (exact) mass is 284 g/mol. The molecule has 0 amide bonds. The van der Waals surface area contributed by atoms with Crippen molar-refractivity contribution in [2.75, 3.05) is 24.5 Å². The Labute approximate surface area is 118 Å². The van der Waals surface area contributed by atoms with Gasteiger partial charge in [-0.3, -0.25) is 0 Å². The fourth-order valence-corrected chi connectivity index (χ4v) is 2.58. The van der Waals surface area contributed by atoms with Gasteiger partial charge in [0.05, 0.1) is 5.69 Å². The molecule has 5 heteroatoms. The van der Waals surface area contributed by atoms with Crippen molar-refractivity contribution in [2.24, 2.45) is 5.92 Å². The van der Waals surface area contributed by atoms with Crippen molar-refractivity contribution in [1.82, 2.24) is 5.32 Å². The minimum atomic E-state index is -2.79. The Balaban J connectivity index is 2.14. The molecule has 2 unspecified atom stereocenters. The molecule has 0 spiro atoms. The van der Waals surface area contributed by atoms with Crippen molar-refractivity contribution >= 4 is 5.69 Å². The van der Waals surface area contributed by atoms with E-state index in [1.54, 1.807) is 12.1 Å². The molecule has 0 bridgehead atoms. The first-order valence-electron chi connectivity index (χ1n) is 7.14. The summed E-state index contributed by atoms with van der Waals surface area (Å²) in [6.45, 7) is 4.07. The number of nitrogens with one attached hydrogen (secondary N) is 1. The zero-order valence-corrected chi connectivity index (χ0v) is 12.0. The molecule has 2 atom stereocenters. The Morgan fingerprint density at radius 3 is 2.85 bits per heavy atom. The van der Waals surface area contributed by atoms with Crippen molar-refractivity contribution in [2.45, 2.75) is 32.9 Å². The van der Waals surface area contributed by atoms with Gasteiger partial charge in [0.2, 0.25) is 0 Å². The number of ether oxygens (including phenoxy) is 1. The highest BCUT2D eigenvalue weighted by Crippen LogP contribution is 2.30. The first kappa shape index (κ1) is 15.0. The summed E-state index contributed by atoms with van der Waals surface area (Å²) in [7, 11) is 0. The molecule has 1 aliphatic heterocycles. The van der Waals surface area contributed by atoms with Gasteiger partial charge in [0.15, 0.2) is 0 Å². The van der Waals surface area contributed by atoms with Crippen LogP contribution >= 0.6 is 0 Å². The highest BCUT2D eigenvalue weighted by Gasteiger charge is 2.25. The molecule has 0 aliphatic carbocycles. The highest BCUT2D eigenvalue weighted by molar-refractivity contribution is 5.58. The second-order valence-corrected chi connectivity index (χ2v) is 5.24. The van der Waals surface area contributed by atoms with Crippen LogP contribution in [0.4, 0.5) is 14.5 Å². The first-order valence-corrected chi connectivity index (χ1v) is 7.14. The molecule has 1 fully saturated rings. The van der Waals surface area contributed by atoms with Crippen LogP contribution in [0.5, 0.6) is 5.75 Å². The number of rotatable bonds is 5. The number of benzene rings is 1. The quantitative estimate of drug-likeness (QED) is 0.899. The predicted molar refractivity (Wildman–Crippen MR) is 76.5 cm³/mol. The van der Waals surface area contributed by atoms with Gasteiger partial charge in [0.1, 0.15) is 5.75 Å². The Kier molecular flexibility index (Phi) is 5.17. The summed E-state index contributed by atoms with van der Waals surface area (Å²) < 4.78 is 29.6. The standard InChI is InChI=1S/C15H22F2N2O/c1-3-11(2)12-10-19(9-8-18-12)13-6-4-5-7-14(13)20-15(16)17/h4-7,11-12,15,18H,3,8-10H2,1-2H3. The van der Waals surface area contributed by atoms with Crippen LogP contribution in [0.1, 0.15) is 20.3 Å². The molecule has 1 heterocycles. The number of halogens is 2. The van der Waals surface area contributed by atoms with Gasteiger partial charge in [-0.1, -0.05) is 32.4 Å². The molecule has 2 rings (SSSR count). The van der Waals surface area contributed by atoms with E-state index in [9.17, 15) is 8.78 Å². The van der Waals surface area contributed by atoms with Gasteiger partial charge in [-0.05, 0) is 18.1 Å². The van der Waals surface area contributed by atoms with Gasteiger partial charge in [-0.2, -0.15) is 8.78 Å². The summed E-state index contributed by atoms with van der Waals surface area (Å²) in [6.07, 6.45) is 1.10. The maximum atomic E-state index is 12.5. The normalized spacial score (nSPS) is 21.1. The third-order valence-electron chi connectivity index (χ3n) is 3.96. The van der Waals surface area contributed by atoms with Crippen molar-refractivity contribution in [1.29, 1.82) is 0 Å². The summed E-state index contributed by atoms with van der Waals surface area (Å²) in [5, 5.41) is 3.50. The Hall–Kier alpha value is -1.36. The molecule has 1 aromatic rings. The van der Waals surface area contributed by atoms with Gasteiger partial charge in [0.25, 0.3) is 0 Å². The van der Waals surface area contributed by atoms with Crippen molar-refractivity contribution in [3.8, 4) is 5.75 Å². The van der Waals surface area contributed by atoms with Crippen molar-refractivity contribution in [3.05, 3.63) is 24.3 Å². The molecular formula is C15H22F2N2O. The lowest BCUT2D eigenvalue weighted by Crippen LogP contribution is -2.53. The van der Waals surface area contributed by atoms with Crippen molar-refractivity contribution < 1.29 is 13.5 Å². The molecule has 0 aromatic heterocycles. The van der Waals surface area contributed by atoms with E-state index in [0.717, 1.165) is 31.7 Å². The largest absolute Gasteiger partial charge is 0.433 e. The fraction of sp³-hybridized carbons (Fsp3) is 0.600. The number of para-hydroxylation sites is 2. The van der Waals surface area contributed by atoms with Crippen LogP contribution < -0.4 is 15.0 Å². The van der Waals surface area contributed by atoms with Gasteiger partial charge in [-0.15, -0.1) is 0 Å². The molecule has 112 valence electrons. The van der Waals surface area contributed by atoms with E-state index in [1.807, 2.05) is 12.1 Å². The van der Waals surface area contributed by atoms with Crippen LogP contribution in [-0.2, 0) is 0 Å². The van der Waals surface area contributed by atoms with Crippen LogP contribution in [0.3, 0.4) is 0 Å². The second kappa shape index (κ2) is 6.88. The van der Waals surface area contributed by atoms with E-state index in [2.05, 4.69) is 28.8 Å². The summed E-state index contributed by atoms with van der Waals surface area (Å²) >= 11 is 0. The smallest absolute Gasteiger partial charge is 0.387 e. The van der Waals surface area contributed by atoms with Gasteiger partial charge < -0.3 is 15.0 Å². The molecule has 3 nitrogen and oxygen atoms in total. The van der Waals surface area contributed by atoms with Crippen LogP contribution in [0, 0.1) is 5.92 Å². The number of hydrogen-bond acceptors (Lipinski definition) is 3. The van der Waals surface area contributed by atoms with Crippen molar-refractivity contribution in [3.63, 3.8) is 0 Å². The zero-order chi connectivity index (χ0) is 14.5. The third kappa shape index (κ3) is 3.60. The molecule has 1 saturated heterocycles. The predicted octanol–water partition coefficient (Wildman–Crippen LogP) is 3.11. The fourth-order valence-electron chi connectivity index (χ4n) is 2.58. The van der Waals surface area contributed by atoms with E-state index in [4.69, 9.17) is 0 Å². The summed E-state index contributed by atoms with van der Waals surface area (Å²) in [5.74, 6) is 0.813. The van der Waals surface area contributed by atoms with E-state index in [0.29, 0.717) is 12.0 Å². The van der Waals surface area contributed by atoms with Crippen LogP contribution in [0.25, 0.3) is 0 Å². The molecular weight excluding hydrogens is 262 g/mol. The zero-order valence-electron chi connectivity index (χ0n) is 12.0. The molecule has 1 aromatic carbocycles. The molecule has 1 aliphatic rings. The second-order valence-electron chi connectivity index (χ2n) is 5.24. The lowest BCUT2D eigenvalue weighted by molar-refractivity contribution is -0.0495. The molecule has 0 saturated carbocycles. The topological polar surface area (TPSA) is 24.5 Å². The Morgan fingerprint density at radius 2 is 2.15 bits per heavy atom. The van der Waals surface area contributed by atoms with E-state index < -0.39 is 6.61 Å². The minimum absolute atomic E-state index is 0.257. The van der Waals surface area contributed by atoms with E-state index >= 15 is 0 Å². The van der Waals surface area contributed by atoms with Gasteiger partial charge in [-0.25, -0.2) is 0 Å². The average Bonchev–Trinajstić information content (AvgIpc) is 2.46.